The maximum atomic E-state index is 12.5. The molecule has 0 spiro atoms. The molecule has 5 heteroatoms. The summed E-state index contributed by atoms with van der Waals surface area (Å²) in [7, 11) is 0. The standard InChI is InChI=1S/C14H18BrClN2O/c1-9(17)10-3-2-6-18(8-10)14(19)12-7-11(16)4-5-13(12)15/h4-5,7,9-10H,2-3,6,8,17H2,1H3. The number of amides is 1. The molecule has 2 rings (SSSR count). The van der Waals surface area contributed by atoms with Gasteiger partial charge in [-0.15, -0.1) is 0 Å². The lowest BCUT2D eigenvalue weighted by Gasteiger charge is -2.34. The van der Waals surface area contributed by atoms with Crippen molar-refractivity contribution in [2.45, 2.75) is 25.8 Å². The third-order valence-corrected chi connectivity index (χ3v) is 4.57. The van der Waals surface area contributed by atoms with Gasteiger partial charge >= 0.3 is 0 Å². The van der Waals surface area contributed by atoms with E-state index in [1.54, 1.807) is 12.1 Å². The molecule has 2 unspecified atom stereocenters. The number of hydrogen-bond donors (Lipinski definition) is 1. The van der Waals surface area contributed by atoms with Gasteiger partial charge in [0.25, 0.3) is 5.91 Å². The van der Waals surface area contributed by atoms with E-state index in [0.717, 1.165) is 30.4 Å². The van der Waals surface area contributed by atoms with Crippen LogP contribution in [0.3, 0.4) is 0 Å². The third-order valence-electron chi connectivity index (χ3n) is 3.65. The van der Waals surface area contributed by atoms with E-state index in [1.165, 1.54) is 0 Å². The van der Waals surface area contributed by atoms with E-state index in [9.17, 15) is 4.79 Å². The van der Waals surface area contributed by atoms with Gasteiger partial charge in [0.2, 0.25) is 0 Å². The Morgan fingerprint density at radius 2 is 2.32 bits per heavy atom. The highest BCUT2D eigenvalue weighted by Gasteiger charge is 2.27. The van der Waals surface area contributed by atoms with Crippen LogP contribution in [0.15, 0.2) is 22.7 Å². The lowest BCUT2D eigenvalue weighted by atomic mass is 9.92. The number of piperidine rings is 1. The molecule has 0 aromatic heterocycles. The van der Waals surface area contributed by atoms with Crippen molar-refractivity contribution in [3.8, 4) is 0 Å². The Morgan fingerprint density at radius 3 is 3.00 bits per heavy atom. The summed E-state index contributed by atoms with van der Waals surface area (Å²) >= 11 is 9.38. The lowest BCUT2D eigenvalue weighted by Crippen LogP contribution is -2.45. The number of likely N-dealkylation sites (tertiary alicyclic amines) is 1. The summed E-state index contributed by atoms with van der Waals surface area (Å²) in [6, 6.07) is 5.41. The summed E-state index contributed by atoms with van der Waals surface area (Å²) in [6.07, 6.45) is 2.11. The summed E-state index contributed by atoms with van der Waals surface area (Å²) in [5, 5.41) is 0.576. The molecule has 0 aliphatic carbocycles. The normalized spacial score (nSPS) is 21.3. The number of rotatable bonds is 2. The Bertz CT molecular complexity index is 479. The van der Waals surface area contributed by atoms with Gasteiger partial charge in [-0.05, 0) is 59.8 Å². The molecule has 1 fully saturated rings. The van der Waals surface area contributed by atoms with Crippen molar-refractivity contribution in [1.82, 2.24) is 4.90 Å². The van der Waals surface area contributed by atoms with Gasteiger partial charge < -0.3 is 10.6 Å². The van der Waals surface area contributed by atoms with Crippen molar-refractivity contribution in [2.24, 2.45) is 11.7 Å². The number of carbonyl (C=O) groups is 1. The van der Waals surface area contributed by atoms with Gasteiger partial charge in [0.05, 0.1) is 5.56 Å². The molecule has 3 nitrogen and oxygen atoms in total. The molecular weight excluding hydrogens is 328 g/mol. The first-order valence-electron chi connectivity index (χ1n) is 6.49. The van der Waals surface area contributed by atoms with Gasteiger partial charge in [-0.2, -0.15) is 0 Å². The van der Waals surface area contributed by atoms with E-state index >= 15 is 0 Å². The molecule has 1 aromatic carbocycles. The average Bonchev–Trinajstić information content (AvgIpc) is 2.41. The SMILES string of the molecule is CC(N)C1CCCN(C(=O)c2cc(Cl)ccc2Br)C1. The van der Waals surface area contributed by atoms with E-state index in [0.29, 0.717) is 16.5 Å². The first kappa shape index (κ1) is 14.8. The monoisotopic (exact) mass is 344 g/mol. The molecule has 2 atom stereocenters. The molecule has 2 N–H and O–H groups in total. The zero-order valence-electron chi connectivity index (χ0n) is 10.9. The lowest BCUT2D eigenvalue weighted by molar-refractivity contribution is 0.0660. The topological polar surface area (TPSA) is 46.3 Å². The second-order valence-corrected chi connectivity index (χ2v) is 6.43. The van der Waals surface area contributed by atoms with Gasteiger partial charge in [-0.25, -0.2) is 0 Å². The number of hydrogen-bond acceptors (Lipinski definition) is 2. The van der Waals surface area contributed by atoms with Crippen molar-refractivity contribution in [2.75, 3.05) is 13.1 Å². The van der Waals surface area contributed by atoms with Crippen LogP contribution >= 0.6 is 27.5 Å². The smallest absolute Gasteiger partial charge is 0.255 e. The Morgan fingerprint density at radius 1 is 1.58 bits per heavy atom. The maximum absolute atomic E-state index is 12.5. The van der Waals surface area contributed by atoms with E-state index < -0.39 is 0 Å². The van der Waals surface area contributed by atoms with Crippen LogP contribution in [-0.4, -0.2) is 29.9 Å². The third kappa shape index (κ3) is 3.50. The van der Waals surface area contributed by atoms with E-state index in [2.05, 4.69) is 15.9 Å². The molecule has 1 heterocycles. The summed E-state index contributed by atoms with van der Waals surface area (Å²) in [6.45, 7) is 3.53. The minimum absolute atomic E-state index is 0.0275. The van der Waals surface area contributed by atoms with Crippen LogP contribution in [-0.2, 0) is 0 Å². The van der Waals surface area contributed by atoms with Crippen molar-refractivity contribution in [3.63, 3.8) is 0 Å². The van der Waals surface area contributed by atoms with Crippen molar-refractivity contribution in [3.05, 3.63) is 33.3 Å². The Kier molecular flexibility index (Phi) is 4.87. The van der Waals surface area contributed by atoms with E-state index in [4.69, 9.17) is 17.3 Å². The minimum atomic E-state index is 0.0275. The minimum Gasteiger partial charge on any atom is -0.338 e. The fourth-order valence-corrected chi connectivity index (χ4v) is 3.04. The Labute approximate surface area is 127 Å². The Hall–Kier alpha value is -0.580. The first-order valence-corrected chi connectivity index (χ1v) is 7.66. The molecule has 19 heavy (non-hydrogen) atoms. The van der Waals surface area contributed by atoms with Crippen LogP contribution in [0.2, 0.25) is 5.02 Å². The predicted octanol–water partition coefficient (Wildman–Crippen LogP) is 3.30. The summed E-state index contributed by atoms with van der Waals surface area (Å²) in [5.41, 5.74) is 6.58. The van der Waals surface area contributed by atoms with Crippen LogP contribution < -0.4 is 5.73 Å². The van der Waals surface area contributed by atoms with Crippen LogP contribution in [0.4, 0.5) is 0 Å². The van der Waals surface area contributed by atoms with Gasteiger partial charge in [-0.1, -0.05) is 11.6 Å². The molecule has 1 saturated heterocycles. The van der Waals surface area contributed by atoms with Crippen molar-refractivity contribution in [1.29, 1.82) is 0 Å². The summed E-state index contributed by atoms with van der Waals surface area (Å²) in [5.74, 6) is 0.412. The fraction of sp³-hybridized carbons (Fsp3) is 0.500. The van der Waals surface area contributed by atoms with Crippen molar-refractivity contribution < 1.29 is 4.79 Å². The molecule has 1 aliphatic heterocycles. The second-order valence-electron chi connectivity index (χ2n) is 5.14. The number of nitrogens with zero attached hydrogens (tertiary/aromatic N) is 1. The second kappa shape index (κ2) is 6.25. The molecular formula is C14H18BrClN2O. The summed E-state index contributed by atoms with van der Waals surface area (Å²) in [4.78, 5) is 14.4. The van der Waals surface area contributed by atoms with Gasteiger partial charge in [0.15, 0.2) is 0 Å². The molecule has 104 valence electrons. The zero-order valence-corrected chi connectivity index (χ0v) is 13.2. The largest absolute Gasteiger partial charge is 0.338 e. The fourth-order valence-electron chi connectivity index (χ4n) is 2.46. The van der Waals surface area contributed by atoms with Crippen LogP contribution in [0, 0.1) is 5.92 Å². The van der Waals surface area contributed by atoms with Crippen LogP contribution in [0.25, 0.3) is 0 Å². The molecule has 1 aromatic rings. The number of benzene rings is 1. The molecule has 1 amide bonds. The Balaban J connectivity index is 2.17. The first-order chi connectivity index (χ1) is 8.99. The van der Waals surface area contributed by atoms with Crippen molar-refractivity contribution >= 4 is 33.4 Å². The quantitative estimate of drug-likeness (QED) is 0.894. The predicted molar refractivity (Wildman–Crippen MR) is 81.4 cm³/mol. The average molecular weight is 346 g/mol. The number of halogens is 2. The highest BCUT2D eigenvalue weighted by Crippen LogP contribution is 2.25. The zero-order chi connectivity index (χ0) is 14.0. The van der Waals surface area contributed by atoms with E-state index in [1.807, 2.05) is 17.9 Å². The van der Waals surface area contributed by atoms with Crippen LogP contribution in [0.5, 0.6) is 0 Å². The molecule has 1 aliphatic rings. The molecule has 0 saturated carbocycles. The number of nitrogens with two attached hydrogens (primary N) is 1. The molecule has 0 radical (unpaired) electrons. The van der Waals surface area contributed by atoms with Crippen LogP contribution in [0.1, 0.15) is 30.1 Å². The van der Waals surface area contributed by atoms with Gasteiger partial charge in [-0.3, -0.25) is 4.79 Å². The number of carbonyl (C=O) groups excluding carboxylic acids is 1. The van der Waals surface area contributed by atoms with Gasteiger partial charge in [0.1, 0.15) is 0 Å². The van der Waals surface area contributed by atoms with Gasteiger partial charge in [0, 0.05) is 28.6 Å². The highest BCUT2D eigenvalue weighted by molar-refractivity contribution is 9.10. The van der Waals surface area contributed by atoms with E-state index in [-0.39, 0.29) is 11.9 Å². The molecule has 0 bridgehead atoms. The maximum Gasteiger partial charge on any atom is 0.255 e. The summed E-state index contributed by atoms with van der Waals surface area (Å²) < 4.78 is 0.782. The highest BCUT2D eigenvalue weighted by atomic mass is 79.9.